The molecule has 0 aliphatic carbocycles. The SMILES string of the molecule is CCCn1cc(C=O)c(-c2ccc(CC)s2)n1. The normalized spacial score (nSPS) is 10.7. The fourth-order valence-electron chi connectivity index (χ4n) is 1.75. The highest BCUT2D eigenvalue weighted by Crippen LogP contribution is 2.29. The zero-order valence-corrected chi connectivity index (χ0v) is 11.0. The molecule has 17 heavy (non-hydrogen) atoms. The molecule has 2 rings (SSSR count). The minimum absolute atomic E-state index is 0.683. The molecular weight excluding hydrogens is 232 g/mol. The second-order valence-corrected chi connectivity index (χ2v) is 5.10. The number of aryl methyl sites for hydroxylation is 2. The smallest absolute Gasteiger partial charge is 0.153 e. The molecule has 0 aromatic carbocycles. The van der Waals surface area contributed by atoms with Crippen molar-refractivity contribution in [2.45, 2.75) is 33.2 Å². The Morgan fingerprint density at radius 3 is 2.82 bits per heavy atom. The molecule has 0 spiro atoms. The van der Waals surface area contributed by atoms with Crippen LogP contribution >= 0.6 is 11.3 Å². The van der Waals surface area contributed by atoms with E-state index in [-0.39, 0.29) is 0 Å². The average Bonchev–Trinajstić information content (AvgIpc) is 2.94. The number of hydrogen-bond donors (Lipinski definition) is 0. The number of nitrogens with zero attached hydrogens (tertiary/aromatic N) is 2. The largest absolute Gasteiger partial charge is 0.298 e. The van der Waals surface area contributed by atoms with Crippen LogP contribution in [0.2, 0.25) is 0 Å². The molecule has 3 nitrogen and oxygen atoms in total. The van der Waals surface area contributed by atoms with Crippen LogP contribution in [0.25, 0.3) is 10.6 Å². The van der Waals surface area contributed by atoms with Gasteiger partial charge in [-0.3, -0.25) is 9.48 Å². The van der Waals surface area contributed by atoms with E-state index in [2.05, 4.69) is 31.1 Å². The van der Waals surface area contributed by atoms with Gasteiger partial charge < -0.3 is 0 Å². The van der Waals surface area contributed by atoms with Crippen LogP contribution in [0.5, 0.6) is 0 Å². The summed E-state index contributed by atoms with van der Waals surface area (Å²) >= 11 is 1.71. The van der Waals surface area contributed by atoms with Crippen LogP contribution in [-0.4, -0.2) is 16.1 Å². The Morgan fingerprint density at radius 1 is 1.41 bits per heavy atom. The van der Waals surface area contributed by atoms with Crippen molar-refractivity contribution in [2.75, 3.05) is 0 Å². The lowest BCUT2D eigenvalue weighted by Crippen LogP contribution is -1.96. The van der Waals surface area contributed by atoms with Crippen molar-refractivity contribution in [1.82, 2.24) is 9.78 Å². The fraction of sp³-hybridized carbons (Fsp3) is 0.385. The van der Waals surface area contributed by atoms with Crippen molar-refractivity contribution in [3.63, 3.8) is 0 Å². The number of carbonyl (C=O) groups is 1. The van der Waals surface area contributed by atoms with E-state index in [1.54, 1.807) is 11.3 Å². The lowest BCUT2D eigenvalue weighted by atomic mass is 10.2. The Labute approximate surface area is 105 Å². The van der Waals surface area contributed by atoms with Crippen LogP contribution in [0.3, 0.4) is 0 Å². The van der Waals surface area contributed by atoms with E-state index in [0.29, 0.717) is 5.56 Å². The molecule has 0 fully saturated rings. The summed E-state index contributed by atoms with van der Waals surface area (Å²) in [5, 5.41) is 4.48. The molecule has 0 aliphatic heterocycles. The van der Waals surface area contributed by atoms with E-state index in [1.165, 1.54) is 4.88 Å². The van der Waals surface area contributed by atoms with Crippen molar-refractivity contribution in [2.24, 2.45) is 0 Å². The highest BCUT2D eigenvalue weighted by atomic mass is 32.1. The maximum atomic E-state index is 11.0. The van der Waals surface area contributed by atoms with E-state index >= 15 is 0 Å². The van der Waals surface area contributed by atoms with Gasteiger partial charge in [-0.1, -0.05) is 13.8 Å². The van der Waals surface area contributed by atoms with Gasteiger partial charge in [0.1, 0.15) is 5.69 Å². The Balaban J connectivity index is 2.38. The molecule has 0 saturated carbocycles. The van der Waals surface area contributed by atoms with Crippen LogP contribution in [0.1, 0.15) is 35.5 Å². The van der Waals surface area contributed by atoms with E-state index in [0.717, 1.165) is 36.2 Å². The third-order valence-corrected chi connectivity index (χ3v) is 3.85. The summed E-state index contributed by atoms with van der Waals surface area (Å²) < 4.78 is 1.85. The first kappa shape index (κ1) is 12.0. The van der Waals surface area contributed by atoms with Crippen LogP contribution in [-0.2, 0) is 13.0 Å². The predicted molar refractivity (Wildman–Crippen MR) is 70.6 cm³/mol. The zero-order valence-electron chi connectivity index (χ0n) is 10.1. The first-order valence-electron chi connectivity index (χ1n) is 5.90. The highest BCUT2D eigenvalue weighted by Gasteiger charge is 2.12. The first-order valence-corrected chi connectivity index (χ1v) is 6.71. The quantitative estimate of drug-likeness (QED) is 0.760. The molecule has 2 aromatic heterocycles. The van der Waals surface area contributed by atoms with Crippen LogP contribution in [0, 0.1) is 0 Å². The lowest BCUT2D eigenvalue weighted by Gasteiger charge is -1.95. The van der Waals surface area contributed by atoms with E-state index in [4.69, 9.17) is 0 Å². The molecule has 90 valence electrons. The van der Waals surface area contributed by atoms with E-state index < -0.39 is 0 Å². The van der Waals surface area contributed by atoms with Gasteiger partial charge in [0, 0.05) is 17.6 Å². The number of aromatic nitrogens is 2. The van der Waals surface area contributed by atoms with Crippen molar-refractivity contribution in [3.05, 3.63) is 28.8 Å². The minimum atomic E-state index is 0.683. The Kier molecular flexibility index (Phi) is 3.74. The van der Waals surface area contributed by atoms with Gasteiger partial charge in [-0.05, 0) is 25.0 Å². The summed E-state index contributed by atoms with van der Waals surface area (Å²) in [7, 11) is 0. The average molecular weight is 248 g/mol. The number of hydrogen-bond acceptors (Lipinski definition) is 3. The zero-order chi connectivity index (χ0) is 12.3. The maximum absolute atomic E-state index is 11.0. The van der Waals surface area contributed by atoms with Crippen LogP contribution < -0.4 is 0 Å². The highest BCUT2D eigenvalue weighted by molar-refractivity contribution is 7.15. The summed E-state index contributed by atoms with van der Waals surface area (Å²) in [6.07, 6.45) is 4.76. The Bertz CT molecular complexity index is 513. The van der Waals surface area contributed by atoms with Gasteiger partial charge in [0.2, 0.25) is 0 Å². The molecule has 0 unspecified atom stereocenters. The number of thiophene rings is 1. The second kappa shape index (κ2) is 5.27. The number of carbonyl (C=O) groups excluding carboxylic acids is 1. The summed E-state index contributed by atoms with van der Waals surface area (Å²) in [4.78, 5) is 13.4. The number of rotatable bonds is 5. The molecular formula is C13H16N2OS. The summed E-state index contributed by atoms with van der Waals surface area (Å²) in [6, 6.07) is 4.16. The molecule has 0 bridgehead atoms. The van der Waals surface area contributed by atoms with Crippen molar-refractivity contribution in [1.29, 1.82) is 0 Å². The number of aldehydes is 1. The van der Waals surface area contributed by atoms with Crippen molar-refractivity contribution in [3.8, 4) is 10.6 Å². The second-order valence-electron chi connectivity index (χ2n) is 3.93. The Morgan fingerprint density at radius 2 is 2.24 bits per heavy atom. The molecule has 0 atom stereocenters. The molecule has 4 heteroatoms. The van der Waals surface area contributed by atoms with Crippen LogP contribution in [0.15, 0.2) is 18.3 Å². The van der Waals surface area contributed by atoms with Crippen LogP contribution in [0.4, 0.5) is 0 Å². The monoisotopic (exact) mass is 248 g/mol. The van der Waals surface area contributed by atoms with Crippen molar-refractivity contribution >= 4 is 17.6 Å². The summed E-state index contributed by atoms with van der Waals surface area (Å²) in [6.45, 7) is 5.08. The maximum Gasteiger partial charge on any atom is 0.153 e. The standard InChI is InChI=1S/C13H16N2OS/c1-3-7-15-8-10(9-16)13(14-15)12-6-5-11(4-2)17-12/h5-6,8-9H,3-4,7H2,1-2H3. The predicted octanol–water partition coefficient (Wildman–Crippen LogP) is 3.40. The van der Waals surface area contributed by atoms with Gasteiger partial charge in [-0.15, -0.1) is 11.3 Å². The topological polar surface area (TPSA) is 34.9 Å². The third-order valence-electron chi connectivity index (χ3n) is 2.61. The van der Waals surface area contributed by atoms with Gasteiger partial charge in [0.15, 0.2) is 6.29 Å². The minimum Gasteiger partial charge on any atom is -0.298 e. The first-order chi connectivity index (χ1) is 8.28. The van der Waals surface area contributed by atoms with Gasteiger partial charge >= 0.3 is 0 Å². The van der Waals surface area contributed by atoms with E-state index in [9.17, 15) is 4.79 Å². The molecule has 2 heterocycles. The van der Waals surface area contributed by atoms with Gasteiger partial charge in [-0.25, -0.2) is 0 Å². The lowest BCUT2D eigenvalue weighted by molar-refractivity contribution is 0.112. The van der Waals surface area contributed by atoms with Gasteiger partial charge in [0.05, 0.1) is 10.4 Å². The molecule has 0 N–H and O–H groups in total. The van der Waals surface area contributed by atoms with Gasteiger partial charge in [0.25, 0.3) is 0 Å². The molecule has 0 amide bonds. The molecule has 2 aromatic rings. The van der Waals surface area contributed by atoms with Gasteiger partial charge in [-0.2, -0.15) is 5.10 Å². The molecule has 0 aliphatic rings. The van der Waals surface area contributed by atoms with Crippen molar-refractivity contribution < 1.29 is 4.79 Å². The third kappa shape index (κ3) is 2.47. The summed E-state index contributed by atoms with van der Waals surface area (Å²) in [5.74, 6) is 0. The fourth-order valence-corrected chi connectivity index (χ4v) is 2.71. The summed E-state index contributed by atoms with van der Waals surface area (Å²) in [5.41, 5.74) is 1.50. The molecule has 0 radical (unpaired) electrons. The molecule has 0 saturated heterocycles. The van der Waals surface area contributed by atoms with E-state index in [1.807, 2.05) is 10.9 Å². The Hall–Kier alpha value is -1.42.